The summed E-state index contributed by atoms with van der Waals surface area (Å²) in [6.45, 7) is 6.39. The molecule has 2 aromatic carbocycles. The summed E-state index contributed by atoms with van der Waals surface area (Å²) >= 11 is 1.38. The van der Waals surface area contributed by atoms with E-state index in [4.69, 9.17) is 0 Å². The number of nitrogens with zero attached hydrogens (tertiary/aromatic N) is 3. The number of nitrogens with one attached hydrogen (secondary N) is 2. The molecule has 2 aliphatic rings. The van der Waals surface area contributed by atoms with Crippen molar-refractivity contribution >= 4 is 46.0 Å². The van der Waals surface area contributed by atoms with Crippen LogP contribution in [-0.4, -0.2) is 52.7 Å². The number of likely N-dealkylation sites (tertiary alicyclic amines) is 1. The number of aliphatic imine (C=N–C) groups is 1. The number of carbonyl (C=O) groups is 3. The molecule has 35 heavy (non-hydrogen) atoms. The zero-order valence-corrected chi connectivity index (χ0v) is 20.9. The highest BCUT2D eigenvalue weighted by molar-refractivity contribution is 8.15. The van der Waals surface area contributed by atoms with Crippen LogP contribution in [0.5, 0.6) is 0 Å². The number of hydrazine groups is 1. The van der Waals surface area contributed by atoms with E-state index in [1.54, 1.807) is 29.3 Å². The van der Waals surface area contributed by atoms with Crippen molar-refractivity contribution in [2.45, 2.75) is 44.8 Å². The maximum absolute atomic E-state index is 12.9. The summed E-state index contributed by atoms with van der Waals surface area (Å²) < 4.78 is 0. The van der Waals surface area contributed by atoms with Crippen LogP contribution < -0.4 is 15.8 Å². The van der Waals surface area contributed by atoms with Gasteiger partial charge >= 0.3 is 0 Å². The van der Waals surface area contributed by atoms with Crippen LogP contribution in [0.2, 0.25) is 0 Å². The third-order valence-corrected chi connectivity index (χ3v) is 7.25. The average Bonchev–Trinajstić information content (AvgIpc) is 3.23. The Hall–Kier alpha value is -3.33. The molecule has 184 valence electrons. The van der Waals surface area contributed by atoms with Crippen molar-refractivity contribution in [3.05, 3.63) is 59.7 Å². The quantitative estimate of drug-likeness (QED) is 0.567. The van der Waals surface area contributed by atoms with Gasteiger partial charge in [-0.05, 0) is 63.4 Å². The molecule has 1 fully saturated rings. The van der Waals surface area contributed by atoms with E-state index in [-0.39, 0.29) is 24.1 Å². The second kappa shape index (κ2) is 11.4. The van der Waals surface area contributed by atoms with Gasteiger partial charge < -0.3 is 10.2 Å². The molecule has 1 atom stereocenters. The minimum atomic E-state index is -0.508. The van der Waals surface area contributed by atoms with Crippen LogP contribution in [0.25, 0.3) is 0 Å². The van der Waals surface area contributed by atoms with Crippen molar-refractivity contribution in [1.29, 1.82) is 0 Å². The standard InChI is InChI=1S/C26H31N5O3S/c1-3-31(21-12-10-18(2)11-13-21)29-24(33)19-8-7-9-20(16-19)27-23(32)17-22-25(34)28-26(35-22)30-14-5-4-6-15-30/h7-13,16,22H,3-6,14-15,17H2,1-2H3,(H,27,32)(H,29,33)/t22-/m1/s1. The Balaban J connectivity index is 1.33. The first-order chi connectivity index (χ1) is 16.9. The van der Waals surface area contributed by atoms with E-state index in [2.05, 4.69) is 20.6 Å². The number of rotatable bonds is 7. The van der Waals surface area contributed by atoms with E-state index in [0.29, 0.717) is 17.8 Å². The van der Waals surface area contributed by atoms with Crippen LogP contribution >= 0.6 is 11.8 Å². The van der Waals surface area contributed by atoms with E-state index in [1.807, 2.05) is 38.1 Å². The first kappa shape index (κ1) is 24.8. The number of hydrogen-bond donors (Lipinski definition) is 2. The van der Waals surface area contributed by atoms with Crippen molar-refractivity contribution in [2.75, 3.05) is 30.0 Å². The molecule has 2 N–H and O–H groups in total. The van der Waals surface area contributed by atoms with Gasteiger partial charge in [-0.25, -0.2) is 0 Å². The van der Waals surface area contributed by atoms with Crippen LogP contribution in [0, 0.1) is 6.92 Å². The molecule has 0 spiro atoms. The zero-order chi connectivity index (χ0) is 24.8. The Bertz CT molecular complexity index is 1110. The molecule has 0 radical (unpaired) electrons. The molecule has 3 amide bonds. The number of amides is 3. The van der Waals surface area contributed by atoms with Crippen LogP contribution in [0.3, 0.4) is 0 Å². The van der Waals surface area contributed by atoms with E-state index < -0.39 is 5.25 Å². The van der Waals surface area contributed by atoms with E-state index in [9.17, 15) is 14.4 Å². The molecule has 1 saturated heterocycles. The summed E-state index contributed by atoms with van der Waals surface area (Å²) in [6, 6.07) is 14.7. The Morgan fingerprint density at radius 2 is 1.86 bits per heavy atom. The van der Waals surface area contributed by atoms with Gasteiger partial charge in [0.15, 0.2) is 5.17 Å². The topological polar surface area (TPSA) is 94.1 Å². The van der Waals surface area contributed by atoms with Gasteiger partial charge in [-0.2, -0.15) is 4.99 Å². The van der Waals surface area contributed by atoms with Gasteiger partial charge in [0.25, 0.3) is 11.8 Å². The summed E-state index contributed by atoms with van der Waals surface area (Å²) in [5, 5.41) is 4.82. The SMILES string of the molecule is CCN(NC(=O)c1cccc(NC(=O)C[C@H]2SC(N3CCCCC3)=NC2=O)c1)c1ccc(C)cc1. The van der Waals surface area contributed by atoms with E-state index >= 15 is 0 Å². The van der Waals surface area contributed by atoms with Gasteiger partial charge in [0.05, 0.1) is 5.69 Å². The second-order valence-electron chi connectivity index (χ2n) is 8.74. The predicted molar refractivity (Wildman–Crippen MR) is 141 cm³/mol. The van der Waals surface area contributed by atoms with Crippen molar-refractivity contribution in [3.63, 3.8) is 0 Å². The molecule has 8 nitrogen and oxygen atoms in total. The maximum atomic E-state index is 12.9. The summed E-state index contributed by atoms with van der Waals surface area (Å²) in [6.07, 6.45) is 3.44. The molecule has 0 aromatic heterocycles. The van der Waals surface area contributed by atoms with Crippen LogP contribution in [0.4, 0.5) is 11.4 Å². The molecule has 0 saturated carbocycles. The van der Waals surface area contributed by atoms with Crippen molar-refractivity contribution in [3.8, 4) is 0 Å². The minimum absolute atomic E-state index is 0.0395. The van der Waals surface area contributed by atoms with Crippen molar-refractivity contribution in [1.82, 2.24) is 10.3 Å². The monoisotopic (exact) mass is 493 g/mol. The normalized spacial score (nSPS) is 17.7. The lowest BCUT2D eigenvalue weighted by Crippen LogP contribution is -2.42. The zero-order valence-electron chi connectivity index (χ0n) is 20.1. The number of hydrogen-bond acceptors (Lipinski definition) is 6. The summed E-state index contributed by atoms with van der Waals surface area (Å²) in [5.41, 5.74) is 5.88. The second-order valence-corrected chi connectivity index (χ2v) is 9.91. The molecule has 4 rings (SSSR count). The number of amidine groups is 1. The molecule has 0 bridgehead atoms. The average molecular weight is 494 g/mol. The Morgan fingerprint density at radius 1 is 1.11 bits per heavy atom. The van der Waals surface area contributed by atoms with Crippen LogP contribution in [-0.2, 0) is 9.59 Å². The molecule has 2 aromatic rings. The fraction of sp³-hybridized carbons (Fsp3) is 0.385. The Labute approximate surface area is 210 Å². The van der Waals surface area contributed by atoms with Crippen molar-refractivity contribution < 1.29 is 14.4 Å². The number of carbonyl (C=O) groups excluding carboxylic acids is 3. The minimum Gasteiger partial charge on any atom is -0.351 e. The van der Waals surface area contributed by atoms with Crippen LogP contribution in [0.1, 0.15) is 48.5 Å². The first-order valence-electron chi connectivity index (χ1n) is 12.0. The summed E-state index contributed by atoms with van der Waals surface area (Å²) in [5.74, 6) is -0.808. The number of anilines is 2. The highest BCUT2D eigenvalue weighted by atomic mass is 32.2. The number of thioether (sulfide) groups is 1. The van der Waals surface area contributed by atoms with E-state index in [0.717, 1.165) is 42.3 Å². The largest absolute Gasteiger partial charge is 0.351 e. The summed E-state index contributed by atoms with van der Waals surface area (Å²) in [4.78, 5) is 44.2. The lowest BCUT2D eigenvalue weighted by Gasteiger charge is -2.27. The molecule has 0 unspecified atom stereocenters. The fourth-order valence-electron chi connectivity index (χ4n) is 4.09. The lowest BCUT2D eigenvalue weighted by molar-refractivity contribution is -0.121. The Morgan fingerprint density at radius 3 is 2.57 bits per heavy atom. The van der Waals surface area contributed by atoms with Gasteiger partial charge in [-0.3, -0.25) is 24.8 Å². The summed E-state index contributed by atoms with van der Waals surface area (Å²) in [7, 11) is 0. The van der Waals surface area contributed by atoms with Crippen molar-refractivity contribution in [2.24, 2.45) is 4.99 Å². The third kappa shape index (κ3) is 6.42. The maximum Gasteiger partial charge on any atom is 0.269 e. The van der Waals surface area contributed by atoms with Gasteiger partial charge in [0.2, 0.25) is 5.91 Å². The number of piperidine rings is 1. The van der Waals surface area contributed by atoms with Gasteiger partial charge in [-0.1, -0.05) is 35.5 Å². The van der Waals surface area contributed by atoms with Gasteiger partial charge in [0, 0.05) is 37.3 Å². The van der Waals surface area contributed by atoms with Gasteiger partial charge in [-0.15, -0.1) is 0 Å². The van der Waals surface area contributed by atoms with E-state index in [1.165, 1.54) is 18.2 Å². The number of aryl methyl sites for hydroxylation is 1. The lowest BCUT2D eigenvalue weighted by atomic mass is 10.1. The molecule has 9 heteroatoms. The predicted octanol–water partition coefficient (Wildman–Crippen LogP) is 3.98. The Kier molecular flexibility index (Phi) is 8.07. The smallest absolute Gasteiger partial charge is 0.269 e. The highest BCUT2D eigenvalue weighted by Gasteiger charge is 2.33. The molecular formula is C26H31N5O3S. The number of benzene rings is 2. The fourth-order valence-corrected chi connectivity index (χ4v) is 5.20. The van der Waals surface area contributed by atoms with Gasteiger partial charge in [0.1, 0.15) is 5.25 Å². The highest BCUT2D eigenvalue weighted by Crippen LogP contribution is 2.29. The first-order valence-corrected chi connectivity index (χ1v) is 12.9. The third-order valence-electron chi connectivity index (χ3n) is 6.03. The molecular weight excluding hydrogens is 462 g/mol. The molecule has 2 aliphatic heterocycles. The van der Waals surface area contributed by atoms with Crippen LogP contribution in [0.15, 0.2) is 53.5 Å². The molecule has 0 aliphatic carbocycles. The molecule has 2 heterocycles.